The van der Waals surface area contributed by atoms with Gasteiger partial charge in [0.05, 0.1) is 41.3 Å². The zero-order valence-electron chi connectivity index (χ0n) is 12.4. The summed E-state index contributed by atoms with van der Waals surface area (Å²) in [6.45, 7) is 3.56. The Kier molecular flexibility index (Phi) is 4.30. The highest BCUT2D eigenvalue weighted by molar-refractivity contribution is 6.32. The number of ether oxygens (including phenoxy) is 1. The third-order valence-corrected chi connectivity index (χ3v) is 3.89. The van der Waals surface area contributed by atoms with Gasteiger partial charge in [-0.05, 0) is 31.5 Å². The SMILES string of the molecule is COc1cc(C2C(C#N)=C(C)NC(C)=C2C#N)cc(Cl)c1O. The second kappa shape index (κ2) is 6.01. The second-order valence-electron chi connectivity index (χ2n) is 4.91. The van der Waals surface area contributed by atoms with Gasteiger partial charge in [0, 0.05) is 11.4 Å². The first-order chi connectivity index (χ1) is 10.4. The first-order valence-electron chi connectivity index (χ1n) is 6.49. The quantitative estimate of drug-likeness (QED) is 0.873. The summed E-state index contributed by atoms with van der Waals surface area (Å²) in [5.74, 6) is -0.505. The molecule has 1 aliphatic heterocycles. The summed E-state index contributed by atoms with van der Waals surface area (Å²) in [7, 11) is 1.41. The molecule has 112 valence electrons. The van der Waals surface area contributed by atoms with E-state index in [0.29, 0.717) is 28.1 Å². The minimum absolute atomic E-state index is 0.109. The largest absolute Gasteiger partial charge is 0.503 e. The van der Waals surface area contributed by atoms with Gasteiger partial charge in [-0.1, -0.05) is 11.6 Å². The van der Waals surface area contributed by atoms with Crippen molar-refractivity contribution in [3.63, 3.8) is 0 Å². The van der Waals surface area contributed by atoms with Crippen LogP contribution in [-0.4, -0.2) is 12.2 Å². The summed E-state index contributed by atoms with van der Waals surface area (Å²) in [5.41, 5.74) is 2.86. The van der Waals surface area contributed by atoms with Gasteiger partial charge < -0.3 is 15.2 Å². The summed E-state index contributed by atoms with van der Waals surface area (Å²) in [6, 6.07) is 7.42. The number of hydrogen-bond donors (Lipinski definition) is 2. The maximum Gasteiger partial charge on any atom is 0.176 e. The molecule has 1 aliphatic rings. The van der Waals surface area contributed by atoms with Crippen molar-refractivity contribution in [1.82, 2.24) is 5.32 Å². The monoisotopic (exact) mass is 315 g/mol. The third-order valence-electron chi connectivity index (χ3n) is 3.61. The van der Waals surface area contributed by atoms with Crippen LogP contribution >= 0.6 is 11.6 Å². The average Bonchev–Trinajstić information content (AvgIpc) is 2.49. The van der Waals surface area contributed by atoms with Crippen LogP contribution in [-0.2, 0) is 0 Å². The van der Waals surface area contributed by atoms with Crippen LogP contribution in [0.5, 0.6) is 11.5 Å². The number of halogens is 1. The van der Waals surface area contributed by atoms with Gasteiger partial charge in [0.2, 0.25) is 0 Å². The Labute approximate surface area is 133 Å². The summed E-state index contributed by atoms with van der Waals surface area (Å²) in [4.78, 5) is 0. The second-order valence-corrected chi connectivity index (χ2v) is 5.32. The molecule has 0 atom stereocenters. The van der Waals surface area contributed by atoms with Crippen LogP contribution in [0.25, 0.3) is 0 Å². The number of methoxy groups -OCH3 is 1. The van der Waals surface area contributed by atoms with Gasteiger partial charge in [-0.15, -0.1) is 0 Å². The molecule has 0 unspecified atom stereocenters. The first kappa shape index (κ1) is 15.8. The highest BCUT2D eigenvalue weighted by Gasteiger charge is 2.30. The van der Waals surface area contributed by atoms with Crippen LogP contribution < -0.4 is 10.1 Å². The predicted molar refractivity (Wildman–Crippen MR) is 82.2 cm³/mol. The Hall–Kier alpha value is -2.63. The van der Waals surface area contributed by atoms with E-state index in [1.165, 1.54) is 7.11 Å². The normalized spacial score (nSPS) is 15.2. The standard InChI is InChI=1S/C16H14ClN3O2/c1-8-11(6-18)15(12(7-19)9(2)20-8)10-4-13(17)16(21)14(5-10)22-3/h4-5,15,20-21H,1-3H3. The van der Waals surface area contributed by atoms with Gasteiger partial charge in [0.1, 0.15) is 0 Å². The minimum atomic E-state index is -0.539. The molecule has 0 aromatic heterocycles. The van der Waals surface area contributed by atoms with E-state index in [2.05, 4.69) is 17.5 Å². The van der Waals surface area contributed by atoms with Crippen molar-refractivity contribution in [2.45, 2.75) is 19.8 Å². The van der Waals surface area contributed by atoms with E-state index < -0.39 is 5.92 Å². The molecule has 0 saturated heterocycles. The number of nitrogens with one attached hydrogen (secondary N) is 1. The fourth-order valence-electron chi connectivity index (χ4n) is 2.54. The number of aromatic hydroxyl groups is 1. The fraction of sp³-hybridized carbons (Fsp3) is 0.250. The molecular weight excluding hydrogens is 302 g/mol. The Bertz CT molecular complexity index is 746. The van der Waals surface area contributed by atoms with Crippen molar-refractivity contribution >= 4 is 11.6 Å². The third kappa shape index (κ3) is 2.47. The summed E-state index contributed by atoms with van der Waals surface area (Å²) in [6.07, 6.45) is 0. The van der Waals surface area contributed by atoms with Gasteiger partial charge in [-0.3, -0.25) is 0 Å². The fourth-order valence-corrected chi connectivity index (χ4v) is 2.76. The van der Waals surface area contributed by atoms with Crippen LogP contribution in [0.4, 0.5) is 0 Å². The van der Waals surface area contributed by atoms with Crippen LogP contribution in [0, 0.1) is 22.7 Å². The number of allylic oxidation sites excluding steroid dienone is 4. The lowest BCUT2D eigenvalue weighted by Crippen LogP contribution is -2.23. The summed E-state index contributed by atoms with van der Waals surface area (Å²) >= 11 is 6.03. The number of nitrogens with zero attached hydrogens (tertiary/aromatic N) is 2. The number of benzene rings is 1. The van der Waals surface area contributed by atoms with Crippen molar-refractivity contribution in [1.29, 1.82) is 10.5 Å². The van der Waals surface area contributed by atoms with Gasteiger partial charge in [-0.25, -0.2) is 0 Å². The highest BCUT2D eigenvalue weighted by atomic mass is 35.5. The molecule has 1 heterocycles. The van der Waals surface area contributed by atoms with E-state index in [1.54, 1.807) is 26.0 Å². The molecule has 0 spiro atoms. The number of phenolic OH excluding ortho intramolecular Hbond substituents is 1. The van der Waals surface area contributed by atoms with E-state index in [4.69, 9.17) is 16.3 Å². The lowest BCUT2D eigenvalue weighted by molar-refractivity contribution is 0.373. The van der Waals surface area contributed by atoms with E-state index in [-0.39, 0.29) is 16.5 Å². The Balaban J connectivity index is 2.72. The molecule has 2 rings (SSSR count). The molecule has 0 aliphatic carbocycles. The minimum Gasteiger partial charge on any atom is -0.503 e. The van der Waals surface area contributed by atoms with E-state index in [9.17, 15) is 15.6 Å². The first-order valence-corrected chi connectivity index (χ1v) is 6.87. The van der Waals surface area contributed by atoms with Crippen LogP contribution in [0.1, 0.15) is 25.3 Å². The maximum atomic E-state index is 9.85. The van der Waals surface area contributed by atoms with Crippen LogP contribution in [0.2, 0.25) is 5.02 Å². The lowest BCUT2D eigenvalue weighted by Gasteiger charge is -2.26. The van der Waals surface area contributed by atoms with E-state index in [1.807, 2.05) is 0 Å². The highest BCUT2D eigenvalue weighted by Crippen LogP contribution is 2.43. The van der Waals surface area contributed by atoms with Gasteiger partial charge in [0.25, 0.3) is 0 Å². The van der Waals surface area contributed by atoms with Gasteiger partial charge in [0.15, 0.2) is 11.5 Å². The Morgan fingerprint density at radius 1 is 1.18 bits per heavy atom. The molecule has 0 radical (unpaired) electrons. The van der Waals surface area contributed by atoms with Crippen molar-refractivity contribution in [3.8, 4) is 23.6 Å². The van der Waals surface area contributed by atoms with E-state index in [0.717, 1.165) is 0 Å². The molecule has 22 heavy (non-hydrogen) atoms. The molecule has 5 nitrogen and oxygen atoms in total. The molecule has 2 N–H and O–H groups in total. The number of rotatable bonds is 2. The molecule has 0 bridgehead atoms. The molecule has 1 aromatic carbocycles. The van der Waals surface area contributed by atoms with Crippen LogP contribution in [0.15, 0.2) is 34.7 Å². The molecule has 0 saturated carbocycles. The maximum absolute atomic E-state index is 9.85. The lowest BCUT2D eigenvalue weighted by atomic mass is 9.81. The molecule has 0 amide bonds. The van der Waals surface area contributed by atoms with E-state index >= 15 is 0 Å². The zero-order valence-corrected chi connectivity index (χ0v) is 13.1. The smallest absolute Gasteiger partial charge is 0.176 e. The molecular formula is C16H14ClN3O2. The summed E-state index contributed by atoms with van der Waals surface area (Å²) < 4.78 is 5.10. The predicted octanol–water partition coefficient (Wildman–Crippen LogP) is 3.34. The van der Waals surface area contributed by atoms with Gasteiger partial charge >= 0.3 is 0 Å². The van der Waals surface area contributed by atoms with Crippen molar-refractivity contribution in [2.75, 3.05) is 7.11 Å². The summed E-state index contributed by atoms with van der Waals surface area (Å²) in [5, 5.41) is 31.9. The number of phenols is 1. The average molecular weight is 316 g/mol. The van der Waals surface area contributed by atoms with Gasteiger partial charge in [-0.2, -0.15) is 10.5 Å². The molecule has 1 aromatic rings. The molecule has 6 heteroatoms. The number of dihydropyridines is 1. The van der Waals surface area contributed by atoms with Crippen LogP contribution in [0.3, 0.4) is 0 Å². The Morgan fingerprint density at radius 3 is 2.18 bits per heavy atom. The number of hydrogen-bond acceptors (Lipinski definition) is 5. The molecule has 0 fully saturated rings. The topological polar surface area (TPSA) is 89.1 Å². The Morgan fingerprint density at radius 2 is 1.73 bits per heavy atom. The van der Waals surface area contributed by atoms with Crippen molar-refractivity contribution < 1.29 is 9.84 Å². The zero-order chi connectivity index (χ0) is 16.4. The van der Waals surface area contributed by atoms with Crippen molar-refractivity contribution in [3.05, 3.63) is 45.3 Å². The van der Waals surface area contributed by atoms with Crippen molar-refractivity contribution in [2.24, 2.45) is 0 Å². The number of nitriles is 2.